The van der Waals surface area contributed by atoms with Crippen LogP contribution < -0.4 is 5.73 Å². The second-order valence-electron chi connectivity index (χ2n) is 1.95. The maximum atomic E-state index is 5.31. The van der Waals surface area contributed by atoms with Gasteiger partial charge in [-0.05, 0) is 0 Å². The molecule has 47 valence electrons. The van der Waals surface area contributed by atoms with Crippen LogP contribution in [0.4, 0.5) is 0 Å². The zero-order valence-electron chi connectivity index (χ0n) is 5.32. The Labute approximate surface area is 60.2 Å². The van der Waals surface area contributed by atoms with E-state index >= 15 is 0 Å². The topological polar surface area (TPSA) is 26.0 Å². The van der Waals surface area contributed by atoms with E-state index < -0.39 is 0 Å². The van der Waals surface area contributed by atoms with Crippen molar-refractivity contribution in [3.63, 3.8) is 0 Å². The Bertz CT molecular complexity index is 33.5. The molecule has 0 fully saturated rings. The Balaban J connectivity index is 2.53. The monoisotopic (exact) mass is 174 g/mol. The first-order chi connectivity index (χ1) is 3.91. The summed E-state index contributed by atoms with van der Waals surface area (Å²) in [5, 5.41) is 1.32. The van der Waals surface area contributed by atoms with E-state index in [0.717, 1.165) is 6.54 Å². The molecule has 0 aliphatic heterocycles. The Morgan fingerprint density at radius 3 is 2.12 bits per heavy atom. The summed E-state index contributed by atoms with van der Waals surface area (Å²) >= 11 is 2.22. The van der Waals surface area contributed by atoms with E-state index in [1.54, 1.807) is 0 Å². The van der Waals surface area contributed by atoms with Crippen LogP contribution in [0.15, 0.2) is 0 Å². The van der Waals surface area contributed by atoms with Crippen LogP contribution in [-0.2, 0) is 0 Å². The number of unbranched alkanes of at least 4 members (excludes halogenated alkanes) is 3. The van der Waals surface area contributed by atoms with Gasteiger partial charge in [-0.1, -0.05) is 0 Å². The second kappa shape index (κ2) is 7.50. The van der Waals surface area contributed by atoms with Crippen LogP contribution in [0.3, 0.4) is 0 Å². The van der Waals surface area contributed by atoms with E-state index in [1.807, 2.05) is 0 Å². The van der Waals surface area contributed by atoms with Gasteiger partial charge in [0.1, 0.15) is 0 Å². The maximum absolute atomic E-state index is 5.31. The minimum absolute atomic E-state index is 0.865. The Morgan fingerprint density at radius 2 is 1.62 bits per heavy atom. The third-order valence-electron chi connectivity index (χ3n) is 1.13. The normalized spacial score (nSPS) is 9.75. The van der Waals surface area contributed by atoms with Gasteiger partial charge in [0.15, 0.2) is 0 Å². The van der Waals surface area contributed by atoms with E-state index in [-0.39, 0.29) is 0 Å². The molecular weight excluding hydrogens is 159 g/mol. The van der Waals surface area contributed by atoms with Crippen LogP contribution in [0, 0.1) is 0 Å². The van der Waals surface area contributed by atoms with Gasteiger partial charge in [0.2, 0.25) is 0 Å². The first kappa shape index (κ1) is 8.50. The summed E-state index contributed by atoms with van der Waals surface area (Å²) in [4.78, 5) is 0. The van der Waals surface area contributed by atoms with Gasteiger partial charge in [-0.25, -0.2) is 0 Å². The molecule has 0 heterocycles. The van der Waals surface area contributed by atoms with Crippen molar-refractivity contribution < 1.29 is 0 Å². The molecule has 8 heavy (non-hydrogen) atoms. The molecule has 1 nitrogen and oxygen atoms in total. The summed E-state index contributed by atoms with van der Waals surface area (Å²) in [6.45, 7) is 0.865. The molecule has 0 aromatic heterocycles. The van der Waals surface area contributed by atoms with Crippen molar-refractivity contribution in [1.29, 1.82) is 0 Å². The molecule has 0 aromatic carbocycles. The van der Waals surface area contributed by atoms with E-state index in [9.17, 15) is 0 Å². The van der Waals surface area contributed by atoms with Gasteiger partial charge in [-0.2, -0.15) is 0 Å². The third kappa shape index (κ3) is 6.50. The van der Waals surface area contributed by atoms with Gasteiger partial charge >= 0.3 is 59.7 Å². The standard InChI is InChI=1S/C6H14GeN/c7-5-3-1-2-4-6-8/h1-6,8H2. The molecule has 0 saturated heterocycles. The van der Waals surface area contributed by atoms with Crippen molar-refractivity contribution in [1.82, 2.24) is 0 Å². The molecule has 2 heteroatoms. The zero-order chi connectivity index (χ0) is 6.24. The number of hydrogen-bond donors (Lipinski definition) is 1. The fourth-order valence-corrected chi connectivity index (χ4v) is 1.15. The summed E-state index contributed by atoms with van der Waals surface area (Å²) in [5.41, 5.74) is 5.31. The fraction of sp³-hybridized carbons (Fsp3) is 1.00. The Morgan fingerprint density at radius 1 is 1.00 bits per heavy atom. The van der Waals surface area contributed by atoms with E-state index in [0.29, 0.717) is 0 Å². The van der Waals surface area contributed by atoms with Crippen molar-refractivity contribution in [2.24, 2.45) is 5.73 Å². The van der Waals surface area contributed by atoms with Crippen LogP contribution >= 0.6 is 0 Å². The van der Waals surface area contributed by atoms with Gasteiger partial charge in [-0.3, -0.25) is 0 Å². The summed E-state index contributed by atoms with van der Waals surface area (Å²) in [5.74, 6) is 0. The molecule has 0 amide bonds. The van der Waals surface area contributed by atoms with Gasteiger partial charge in [0.25, 0.3) is 0 Å². The summed E-state index contributed by atoms with van der Waals surface area (Å²) in [6.07, 6.45) is 5.28. The van der Waals surface area contributed by atoms with Crippen LogP contribution in [0.1, 0.15) is 25.7 Å². The van der Waals surface area contributed by atoms with Crippen LogP contribution in [0.25, 0.3) is 0 Å². The SMILES string of the molecule is NCCCCC[CH2][Ge]. The summed E-state index contributed by atoms with van der Waals surface area (Å²) < 4.78 is 0. The van der Waals surface area contributed by atoms with Gasteiger partial charge in [0, 0.05) is 0 Å². The quantitative estimate of drug-likeness (QED) is 0.488. The molecule has 0 aromatic rings. The fourth-order valence-electron chi connectivity index (χ4n) is 0.623. The second-order valence-corrected chi connectivity index (χ2v) is 3.00. The molecule has 0 rings (SSSR count). The summed E-state index contributed by atoms with van der Waals surface area (Å²) in [6, 6.07) is 0. The van der Waals surface area contributed by atoms with Crippen LogP contribution in [0.5, 0.6) is 0 Å². The molecule has 0 saturated carbocycles. The van der Waals surface area contributed by atoms with Crippen molar-refractivity contribution in [2.45, 2.75) is 30.9 Å². The molecule has 3 radical (unpaired) electrons. The minimum atomic E-state index is 0.865. The van der Waals surface area contributed by atoms with Crippen molar-refractivity contribution in [3.8, 4) is 0 Å². The van der Waals surface area contributed by atoms with E-state index in [4.69, 9.17) is 5.73 Å². The molecule has 0 spiro atoms. The molecule has 0 unspecified atom stereocenters. The zero-order valence-corrected chi connectivity index (χ0v) is 7.42. The number of hydrogen-bond acceptors (Lipinski definition) is 1. The Hall–Kier alpha value is 0.503. The van der Waals surface area contributed by atoms with Gasteiger partial charge in [-0.15, -0.1) is 0 Å². The molecule has 0 aliphatic rings. The van der Waals surface area contributed by atoms with E-state index in [2.05, 4.69) is 16.5 Å². The molecule has 2 N–H and O–H groups in total. The average molecular weight is 173 g/mol. The Kier molecular flexibility index (Phi) is 7.97. The molecule has 0 atom stereocenters. The van der Waals surface area contributed by atoms with Crippen molar-refractivity contribution in [3.05, 3.63) is 0 Å². The number of rotatable bonds is 5. The predicted octanol–water partition coefficient (Wildman–Crippen LogP) is 1.09. The predicted molar refractivity (Wildman–Crippen MR) is 38.1 cm³/mol. The molecule has 0 bridgehead atoms. The number of nitrogens with two attached hydrogens (primary N) is 1. The molecular formula is C6H14GeN. The average Bonchev–Trinajstić information content (AvgIpc) is 1.81. The molecule has 0 aliphatic carbocycles. The first-order valence-corrected chi connectivity index (χ1v) is 4.75. The third-order valence-corrected chi connectivity index (χ3v) is 1.87. The van der Waals surface area contributed by atoms with Crippen LogP contribution in [-0.4, -0.2) is 23.1 Å². The van der Waals surface area contributed by atoms with Crippen molar-refractivity contribution in [2.75, 3.05) is 6.54 Å². The van der Waals surface area contributed by atoms with E-state index in [1.165, 1.54) is 30.9 Å². The van der Waals surface area contributed by atoms with Crippen molar-refractivity contribution >= 4 is 16.5 Å². The van der Waals surface area contributed by atoms with Gasteiger partial charge in [0.05, 0.1) is 0 Å². The van der Waals surface area contributed by atoms with Gasteiger partial charge < -0.3 is 0 Å². The first-order valence-electron chi connectivity index (χ1n) is 3.26. The van der Waals surface area contributed by atoms with Crippen LogP contribution in [0.2, 0.25) is 5.25 Å². The summed E-state index contributed by atoms with van der Waals surface area (Å²) in [7, 11) is 0.